The fourth-order valence-corrected chi connectivity index (χ4v) is 1.15. The third kappa shape index (κ3) is 7.86. The van der Waals surface area contributed by atoms with Crippen molar-refractivity contribution in [3.63, 3.8) is 0 Å². The van der Waals surface area contributed by atoms with Crippen LogP contribution in [0.2, 0.25) is 0 Å². The predicted octanol–water partition coefficient (Wildman–Crippen LogP) is 3.38. The zero-order chi connectivity index (χ0) is 8.53. The van der Waals surface area contributed by atoms with Crippen LogP contribution in [0.4, 0.5) is 0 Å². The predicted molar refractivity (Wildman–Crippen MR) is 49.8 cm³/mol. The lowest BCUT2D eigenvalue weighted by Crippen LogP contribution is -2.03. The van der Waals surface area contributed by atoms with E-state index in [4.69, 9.17) is 4.74 Å². The minimum Gasteiger partial charge on any atom is -0.382 e. The number of rotatable bonds is 7. The monoisotopic (exact) mass is 158 g/mol. The van der Waals surface area contributed by atoms with Crippen LogP contribution >= 0.6 is 0 Å². The Hall–Kier alpha value is -0.0400. The maximum absolute atomic E-state index is 5.16. The molecule has 0 radical (unpaired) electrons. The van der Waals surface area contributed by atoms with Crippen LogP contribution in [0.3, 0.4) is 0 Å². The van der Waals surface area contributed by atoms with Gasteiger partial charge in [-0.15, -0.1) is 0 Å². The van der Waals surface area contributed by atoms with E-state index in [1.165, 1.54) is 38.5 Å². The summed E-state index contributed by atoms with van der Waals surface area (Å²) < 4.78 is 5.16. The highest BCUT2D eigenvalue weighted by molar-refractivity contribution is 4.50. The van der Waals surface area contributed by atoms with Gasteiger partial charge in [-0.3, -0.25) is 0 Å². The Morgan fingerprint density at radius 1 is 1.09 bits per heavy atom. The van der Waals surface area contributed by atoms with Gasteiger partial charge in [0.2, 0.25) is 0 Å². The van der Waals surface area contributed by atoms with Crippen LogP contribution in [-0.4, -0.2) is 13.2 Å². The smallest absolute Gasteiger partial charge is 0.0543 e. The van der Waals surface area contributed by atoms with Gasteiger partial charge in [0, 0.05) is 7.11 Å². The molecule has 68 valence electrons. The highest BCUT2D eigenvalue weighted by Crippen LogP contribution is 2.07. The molecule has 0 bridgehead atoms. The van der Waals surface area contributed by atoms with Crippen LogP contribution in [0.15, 0.2) is 0 Å². The standard InChI is InChI=1S/C10H22O/c1-4-5-6-7-8-9-10(2)11-3/h10H,4-9H2,1-3H3. The van der Waals surface area contributed by atoms with Gasteiger partial charge in [0.15, 0.2) is 0 Å². The Balaban J connectivity index is 2.89. The molecule has 0 heterocycles. The summed E-state index contributed by atoms with van der Waals surface area (Å²) in [7, 11) is 1.79. The second-order valence-electron chi connectivity index (χ2n) is 3.25. The molecule has 0 saturated carbocycles. The third-order valence-corrected chi connectivity index (χ3v) is 2.12. The van der Waals surface area contributed by atoms with Crippen molar-refractivity contribution >= 4 is 0 Å². The largest absolute Gasteiger partial charge is 0.382 e. The topological polar surface area (TPSA) is 9.23 Å². The molecule has 0 rings (SSSR count). The zero-order valence-corrected chi connectivity index (χ0v) is 8.23. The average Bonchev–Trinajstić information content (AvgIpc) is 2.04. The number of hydrogen-bond donors (Lipinski definition) is 0. The highest BCUT2D eigenvalue weighted by Gasteiger charge is 1.97. The average molecular weight is 158 g/mol. The van der Waals surface area contributed by atoms with Gasteiger partial charge < -0.3 is 4.74 Å². The first-order chi connectivity index (χ1) is 5.31. The zero-order valence-electron chi connectivity index (χ0n) is 8.23. The number of unbranched alkanes of at least 4 members (excludes halogenated alkanes) is 4. The molecule has 0 N–H and O–H groups in total. The summed E-state index contributed by atoms with van der Waals surface area (Å²) in [6.45, 7) is 4.39. The van der Waals surface area contributed by atoms with Gasteiger partial charge in [-0.1, -0.05) is 39.0 Å². The van der Waals surface area contributed by atoms with Crippen LogP contribution in [0.25, 0.3) is 0 Å². The second kappa shape index (κ2) is 8.06. The Labute approximate surface area is 71.1 Å². The minimum atomic E-state index is 0.455. The molecule has 0 aromatic rings. The summed E-state index contributed by atoms with van der Waals surface area (Å²) in [5, 5.41) is 0. The summed E-state index contributed by atoms with van der Waals surface area (Å²) in [4.78, 5) is 0. The molecule has 0 fully saturated rings. The van der Waals surface area contributed by atoms with Crippen molar-refractivity contribution in [2.45, 2.75) is 58.5 Å². The molecule has 1 unspecified atom stereocenters. The maximum atomic E-state index is 5.16. The van der Waals surface area contributed by atoms with Crippen molar-refractivity contribution in [3.8, 4) is 0 Å². The van der Waals surface area contributed by atoms with Crippen LogP contribution in [-0.2, 0) is 4.74 Å². The lowest BCUT2D eigenvalue weighted by atomic mass is 10.1. The molecule has 0 amide bonds. The first kappa shape index (κ1) is 11.0. The van der Waals surface area contributed by atoms with E-state index >= 15 is 0 Å². The summed E-state index contributed by atoms with van der Waals surface area (Å²) >= 11 is 0. The summed E-state index contributed by atoms with van der Waals surface area (Å²) in [5.74, 6) is 0. The molecule has 0 aliphatic rings. The molecule has 1 heteroatoms. The van der Waals surface area contributed by atoms with Crippen molar-refractivity contribution < 1.29 is 4.74 Å². The van der Waals surface area contributed by atoms with E-state index in [9.17, 15) is 0 Å². The van der Waals surface area contributed by atoms with Gasteiger partial charge in [0.25, 0.3) is 0 Å². The molecule has 0 aromatic heterocycles. The Kier molecular flexibility index (Phi) is 8.03. The highest BCUT2D eigenvalue weighted by atomic mass is 16.5. The van der Waals surface area contributed by atoms with Crippen molar-refractivity contribution in [1.29, 1.82) is 0 Å². The van der Waals surface area contributed by atoms with E-state index in [0.29, 0.717) is 6.10 Å². The van der Waals surface area contributed by atoms with Crippen LogP contribution < -0.4 is 0 Å². The normalized spacial score (nSPS) is 13.4. The van der Waals surface area contributed by atoms with Gasteiger partial charge in [-0.25, -0.2) is 0 Å². The summed E-state index contributed by atoms with van der Waals surface area (Å²) in [6.07, 6.45) is 8.50. The minimum absolute atomic E-state index is 0.455. The van der Waals surface area contributed by atoms with Gasteiger partial charge in [-0.05, 0) is 13.3 Å². The van der Waals surface area contributed by atoms with E-state index in [1.54, 1.807) is 7.11 Å². The Morgan fingerprint density at radius 2 is 1.73 bits per heavy atom. The Bertz CT molecular complexity index is 71.3. The molecule has 0 aromatic carbocycles. The number of hydrogen-bond acceptors (Lipinski definition) is 1. The number of ether oxygens (including phenoxy) is 1. The molecule has 11 heavy (non-hydrogen) atoms. The summed E-state index contributed by atoms with van der Waals surface area (Å²) in [6, 6.07) is 0. The van der Waals surface area contributed by atoms with Crippen LogP contribution in [0.5, 0.6) is 0 Å². The van der Waals surface area contributed by atoms with E-state index in [0.717, 1.165) is 0 Å². The van der Waals surface area contributed by atoms with Crippen molar-refractivity contribution in [3.05, 3.63) is 0 Å². The lowest BCUT2D eigenvalue weighted by molar-refractivity contribution is 0.108. The first-order valence-electron chi connectivity index (χ1n) is 4.84. The van der Waals surface area contributed by atoms with E-state index < -0.39 is 0 Å². The second-order valence-corrected chi connectivity index (χ2v) is 3.25. The lowest BCUT2D eigenvalue weighted by Gasteiger charge is -2.07. The van der Waals surface area contributed by atoms with Crippen molar-refractivity contribution in [2.75, 3.05) is 7.11 Å². The maximum Gasteiger partial charge on any atom is 0.0543 e. The molecule has 0 aliphatic heterocycles. The van der Waals surface area contributed by atoms with Gasteiger partial charge in [0.05, 0.1) is 6.10 Å². The molecule has 1 nitrogen and oxygen atoms in total. The Morgan fingerprint density at radius 3 is 2.27 bits per heavy atom. The van der Waals surface area contributed by atoms with Gasteiger partial charge in [-0.2, -0.15) is 0 Å². The molecule has 0 aliphatic carbocycles. The quantitative estimate of drug-likeness (QED) is 0.516. The molecule has 1 atom stereocenters. The van der Waals surface area contributed by atoms with E-state index in [2.05, 4.69) is 13.8 Å². The van der Waals surface area contributed by atoms with E-state index in [-0.39, 0.29) is 0 Å². The number of methoxy groups -OCH3 is 1. The fourth-order valence-electron chi connectivity index (χ4n) is 1.15. The van der Waals surface area contributed by atoms with Gasteiger partial charge in [0.1, 0.15) is 0 Å². The van der Waals surface area contributed by atoms with Crippen molar-refractivity contribution in [1.82, 2.24) is 0 Å². The van der Waals surface area contributed by atoms with Crippen LogP contribution in [0, 0.1) is 0 Å². The van der Waals surface area contributed by atoms with Crippen molar-refractivity contribution in [2.24, 2.45) is 0 Å². The molecule has 0 spiro atoms. The molecular formula is C10H22O. The molecular weight excluding hydrogens is 136 g/mol. The first-order valence-corrected chi connectivity index (χ1v) is 4.84. The molecule has 0 saturated heterocycles. The van der Waals surface area contributed by atoms with E-state index in [1.807, 2.05) is 0 Å². The summed E-state index contributed by atoms with van der Waals surface area (Å²) in [5.41, 5.74) is 0. The van der Waals surface area contributed by atoms with Gasteiger partial charge >= 0.3 is 0 Å². The van der Waals surface area contributed by atoms with Crippen LogP contribution in [0.1, 0.15) is 52.4 Å². The third-order valence-electron chi connectivity index (χ3n) is 2.12. The fraction of sp³-hybridized carbons (Fsp3) is 1.00. The SMILES string of the molecule is CCCCCCCC(C)OC.